The summed E-state index contributed by atoms with van der Waals surface area (Å²) in [6.45, 7) is 1.13. The third-order valence-corrected chi connectivity index (χ3v) is 5.33. The van der Waals surface area contributed by atoms with Crippen molar-refractivity contribution < 1.29 is 14.2 Å². The van der Waals surface area contributed by atoms with Crippen LogP contribution in [-0.2, 0) is 0 Å². The number of thiazole rings is 1. The number of ether oxygens (including phenoxy) is 3. The number of hydrazone groups is 1. The summed E-state index contributed by atoms with van der Waals surface area (Å²) >= 11 is 1.57. The number of nitrogens with one attached hydrogen (secondary N) is 1. The topological polar surface area (TPSA) is 65.0 Å². The summed E-state index contributed by atoms with van der Waals surface area (Å²) in [6, 6.07) is 23.4. The average molecular weight is 434 g/mol. The minimum Gasteiger partial charge on any atom is -0.497 e. The van der Waals surface area contributed by atoms with E-state index in [0.29, 0.717) is 13.2 Å². The van der Waals surface area contributed by atoms with Crippen molar-refractivity contribution in [3.63, 3.8) is 0 Å². The predicted molar refractivity (Wildman–Crippen MR) is 126 cm³/mol. The molecule has 31 heavy (non-hydrogen) atoms. The third kappa shape index (κ3) is 5.96. The van der Waals surface area contributed by atoms with Gasteiger partial charge in [0, 0.05) is 12.5 Å². The standard InChI is InChI=1S/C24H23N3O3S/c1-28-19-8-5-10-21(16-19)30-14-6-13-29-20-9-4-7-18(15-20)17-25-27-24-26-22-11-2-3-12-23(22)31-24/h2-5,7-12,15-17H,6,13-14H2,1H3,(H,26,27)/b25-17-. The minimum atomic E-state index is 0.564. The van der Waals surface area contributed by atoms with E-state index in [-0.39, 0.29) is 0 Å². The lowest BCUT2D eigenvalue weighted by Gasteiger charge is -2.09. The predicted octanol–water partition coefficient (Wildman–Crippen LogP) is 5.60. The highest BCUT2D eigenvalue weighted by Gasteiger charge is 2.01. The van der Waals surface area contributed by atoms with Crippen molar-refractivity contribution >= 4 is 32.9 Å². The first-order valence-corrected chi connectivity index (χ1v) is 10.8. The zero-order chi connectivity index (χ0) is 21.3. The van der Waals surface area contributed by atoms with E-state index in [9.17, 15) is 0 Å². The molecule has 0 bridgehead atoms. The van der Waals surface area contributed by atoms with Crippen molar-refractivity contribution in [2.45, 2.75) is 6.42 Å². The highest BCUT2D eigenvalue weighted by atomic mass is 32.1. The van der Waals surface area contributed by atoms with Crippen molar-refractivity contribution in [3.8, 4) is 17.2 Å². The van der Waals surface area contributed by atoms with Gasteiger partial charge < -0.3 is 14.2 Å². The lowest BCUT2D eigenvalue weighted by atomic mass is 10.2. The van der Waals surface area contributed by atoms with Gasteiger partial charge in [-0.15, -0.1) is 0 Å². The Morgan fingerprint density at radius 1 is 0.903 bits per heavy atom. The van der Waals surface area contributed by atoms with Gasteiger partial charge in [-0.05, 0) is 42.0 Å². The molecule has 1 heterocycles. The summed E-state index contributed by atoms with van der Waals surface area (Å²) < 4.78 is 17.9. The Balaban J connectivity index is 1.22. The van der Waals surface area contributed by atoms with Gasteiger partial charge in [-0.1, -0.05) is 41.7 Å². The summed E-state index contributed by atoms with van der Waals surface area (Å²) in [5.74, 6) is 2.37. The maximum Gasteiger partial charge on any atom is 0.204 e. The molecule has 3 aromatic carbocycles. The lowest BCUT2D eigenvalue weighted by Crippen LogP contribution is -2.05. The van der Waals surface area contributed by atoms with Crippen molar-refractivity contribution in [2.75, 3.05) is 25.7 Å². The van der Waals surface area contributed by atoms with Crippen molar-refractivity contribution in [2.24, 2.45) is 5.10 Å². The first-order valence-electron chi connectivity index (χ1n) is 9.94. The highest BCUT2D eigenvalue weighted by Crippen LogP contribution is 2.25. The molecule has 1 N–H and O–H groups in total. The Labute approximate surface area is 185 Å². The number of hydrogen-bond donors (Lipinski definition) is 1. The molecule has 0 unspecified atom stereocenters. The van der Waals surface area contributed by atoms with Crippen LogP contribution in [0.1, 0.15) is 12.0 Å². The summed E-state index contributed by atoms with van der Waals surface area (Å²) in [7, 11) is 1.64. The number of aromatic nitrogens is 1. The van der Waals surface area contributed by atoms with Crippen molar-refractivity contribution in [1.82, 2.24) is 4.98 Å². The Bertz CT molecular complexity index is 1130. The zero-order valence-electron chi connectivity index (χ0n) is 17.2. The summed E-state index contributed by atoms with van der Waals surface area (Å²) in [4.78, 5) is 4.50. The van der Waals surface area contributed by atoms with Gasteiger partial charge in [0.05, 0.1) is 36.8 Å². The van der Waals surface area contributed by atoms with E-state index in [1.165, 1.54) is 0 Å². The SMILES string of the molecule is COc1cccc(OCCCOc2cccc(/C=N\Nc3nc4ccccc4s3)c2)c1. The molecule has 0 aliphatic heterocycles. The van der Waals surface area contributed by atoms with Gasteiger partial charge in [0.15, 0.2) is 0 Å². The monoisotopic (exact) mass is 433 g/mol. The molecule has 0 radical (unpaired) electrons. The normalized spacial score (nSPS) is 11.0. The molecular weight excluding hydrogens is 410 g/mol. The van der Waals surface area contributed by atoms with Crippen LogP contribution in [-0.4, -0.2) is 31.5 Å². The number of benzene rings is 3. The summed E-state index contributed by atoms with van der Waals surface area (Å²) in [5.41, 5.74) is 4.91. The van der Waals surface area contributed by atoms with Crippen LogP contribution in [0.2, 0.25) is 0 Å². The maximum absolute atomic E-state index is 5.84. The molecule has 0 amide bonds. The fourth-order valence-electron chi connectivity index (χ4n) is 2.90. The molecule has 0 aliphatic carbocycles. The number of rotatable bonds is 10. The van der Waals surface area contributed by atoms with Gasteiger partial charge in [0.1, 0.15) is 17.2 Å². The largest absolute Gasteiger partial charge is 0.497 e. The second-order valence-corrected chi connectivity index (χ2v) is 7.69. The zero-order valence-corrected chi connectivity index (χ0v) is 18.0. The number of methoxy groups -OCH3 is 1. The van der Waals surface area contributed by atoms with Crippen LogP contribution in [0.5, 0.6) is 17.2 Å². The molecule has 7 heteroatoms. The van der Waals surface area contributed by atoms with Crippen LogP contribution in [0.3, 0.4) is 0 Å². The van der Waals surface area contributed by atoms with Crippen LogP contribution in [0, 0.1) is 0 Å². The van der Waals surface area contributed by atoms with E-state index < -0.39 is 0 Å². The molecule has 0 fully saturated rings. The van der Waals surface area contributed by atoms with Crippen LogP contribution in [0.15, 0.2) is 77.9 Å². The minimum absolute atomic E-state index is 0.564. The number of fused-ring (bicyclic) bond motifs is 1. The van der Waals surface area contributed by atoms with Crippen molar-refractivity contribution in [1.29, 1.82) is 0 Å². The molecule has 0 atom stereocenters. The van der Waals surface area contributed by atoms with E-state index in [4.69, 9.17) is 14.2 Å². The Kier molecular flexibility index (Phi) is 6.97. The first kappa shape index (κ1) is 20.7. The number of nitrogens with zero attached hydrogens (tertiary/aromatic N) is 2. The van der Waals surface area contributed by atoms with E-state index >= 15 is 0 Å². The van der Waals surface area contributed by atoms with E-state index in [2.05, 4.69) is 15.5 Å². The molecular formula is C24H23N3O3S. The Morgan fingerprint density at radius 2 is 1.65 bits per heavy atom. The highest BCUT2D eigenvalue weighted by molar-refractivity contribution is 7.22. The van der Waals surface area contributed by atoms with Gasteiger partial charge in [-0.25, -0.2) is 4.98 Å². The molecule has 0 saturated heterocycles. The van der Waals surface area contributed by atoms with E-state index in [0.717, 1.165) is 44.6 Å². The van der Waals surface area contributed by atoms with Gasteiger partial charge in [-0.3, -0.25) is 5.43 Å². The van der Waals surface area contributed by atoms with Crippen LogP contribution >= 0.6 is 11.3 Å². The summed E-state index contributed by atoms with van der Waals surface area (Å²) in [5, 5.41) is 5.06. The molecule has 4 aromatic rings. The number of hydrogen-bond acceptors (Lipinski definition) is 7. The van der Waals surface area contributed by atoms with Crippen LogP contribution in [0.4, 0.5) is 5.13 Å². The van der Waals surface area contributed by atoms with Crippen molar-refractivity contribution in [3.05, 3.63) is 78.4 Å². The van der Waals surface area contributed by atoms with Gasteiger partial charge in [-0.2, -0.15) is 5.10 Å². The molecule has 0 aliphatic rings. The maximum atomic E-state index is 5.84. The number of para-hydroxylation sites is 1. The van der Waals surface area contributed by atoms with Gasteiger partial charge >= 0.3 is 0 Å². The molecule has 1 aromatic heterocycles. The first-order chi connectivity index (χ1) is 15.3. The Hall–Kier alpha value is -3.58. The van der Waals surface area contributed by atoms with E-state index in [1.807, 2.05) is 72.8 Å². The smallest absolute Gasteiger partial charge is 0.204 e. The van der Waals surface area contributed by atoms with Gasteiger partial charge in [0.25, 0.3) is 0 Å². The molecule has 4 rings (SSSR count). The van der Waals surface area contributed by atoms with E-state index in [1.54, 1.807) is 24.7 Å². The summed E-state index contributed by atoms with van der Waals surface area (Å²) in [6.07, 6.45) is 2.53. The number of anilines is 1. The second kappa shape index (κ2) is 10.4. The molecule has 0 saturated carbocycles. The quantitative estimate of drug-likeness (QED) is 0.200. The fourth-order valence-corrected chi connectivity index (χ4v) is 3.71. The fraction of sp³-hybridized carbons (Fsp3) is 0.167. The van der Waals surface area contributed by atoms with Crippen LogP contribution in [0.25, 0.3) is 10.2 Å². The van der Waals surface area contributed by atoms with Gasteiger partial charge in [0.2, 0.25) is 5.13 Å². The lowest BCUT2D eigenvalue weighted by molar-refractivity contribution is 0.247. The molecule has 6 nitrogen and oxygen atoms in total. The molecule has 0 spiro atoms. The molecule has 158 valence electrons. The van der Waals surface area contributed by atoms with Crippen LogP contribution < -0.4 is 19.6 Å². The third-order valence-electron chi connectivity index (χ3n) is 4.39. The Morgan fingerprint density at radius 3 is 2.45 bits per heavy atom. The second-order valence-electron chi connectivity index (χ2n) is 6.66. The average Bonchev–Trinajstić information content (AvgIpc) is 3.22.